The first-order valence-corrected chi connectivity index (χ1v) is 11.1. The zero-order chi connectivity index (χ0) is 19.0. The molecule has 2 nitrogen and oxygen atoms in total. The number of hydrogen-bond donors (Lipinski definition) is 0. The van der Waals surface area contributed by atoms with Crippen molar-refractivity contribution in [3.63, 3.8) is 0 Å². The molecular weight excluding hydrogens is 340 g/mol. The van der Waals surface area contributed by atoms with Crippen LogP contribution in [-0.2, 0) is 5.41 Å². The predicted octanol–water partition coefficient (Wildman–Crippen LogP) is 5.61. The molecule has 1 aromatic carbocycles. The molecule has 4 bridgehead atoms. The van der Waals surface area contributed by atoms with Crippen LogP contribution in [0.3, 0.4) is 0 Å². The number of nitrogens with zero attached hydrogens (tertiary/aromatic N) is 2. The summed E-state index contributed by atoms with van der Waals surface area (Å²) in [7, 11) is 0. The normalized spacial score (nSPS) is 31.0. The molecule has 0 unspecified atom stereocenters. The third-order valence-electron chi connectivity index (χ3n) is 8.05. The molecule has 2 aromatic heterocycles. The number of aryl methyl sites for hydroxylation is 3. The van der Waals surface area contributed by atoms with E-state index < -0.39 is 0 Å². The summed E-state index contributed by atoms with van der Waals surface area (Å²) in [6, 6.07) is 11.6. The summed E-state index contributed by atoms with van der Waals surface area (Å²) in [5.74, 6) is 2.93. The first kappa shape index (κ1) is 16.8. The quantitative estimate of drug-likeness (QED) is 0.518. The lowest BCUT2D eigenvalue weighted by Gasteiger charge is -2.56. The number of aromatic nitrogens is 2. The summed E-state index contributed by atoms with van der Waals surface area (Å²) in [6.45, 7) is 6.67. The fraction of sp³-hybridized carbons (Fsp3) is 0.500. The highest BCUT2D eigenvalue weighted by molar-refractivity contribution is 5.48. The molecule has 7 rings (SSSR count). The monoisotopic (exact) mass is 371 g/mol. The van der Waals surface area contributed by atoms with Gasteiger partial charge in [0.05, 0.1) is 0 Å². The highest BCUT2D eigenvalue weighted by atomic mass is 15.1. The fourth-order valence-electron chi connectivity index (χ4n) is 7.63. The molecule has 4 saturated carbocycles. The van der Waals surface area contributed by atoms with Crippen molar-refractivity contribution in [1.82, 2.24) is 4.40 Å². The molecular formula is C26H31N2+. The second-order valence-corrected chi connectivity index (χ2v) is 10.3. The van der Waals surface area contributed by atoms with Crippen molar-refractivity contribution in [3.8, 4) is 5.69 Å². The van der Waals surface area contributed by atoms with E-state index in [0.29, 0.717) is 5.41 Å². The van der Waals surface area contributed by atoms with Crippen LogP contribution in [0.1, 0.15) is 60.9 Å². The van der Waals surface area contributed by atoms with Crippen molar-refractivity contribution in [2.45, 2.75) is 64.7 Å². The average Bonchev–Trinajstić information content (AvgIpc) is 3.02. The van der Waals surface area contributed by atoms with E-state index in [0.717, 1.165) is 17.8 Å². The van der Waals surface area contributed by atoms with Gasteiger partial charge < -0.3 is 0 Å². The van der Waals surface area contributed by atoms with E-state index in [2.05, 4.69) is 72.6 Å². The molecule has 4 aliphatic carbocycles. The van der Waals surface area contributed by atoms with E-state index >= 15 is 0 Å². The second kappa shape index (κ2) is 5.72. The van der Waals surface area contributed by atoms with E-state index in [1.807, 2.05) is 0 Å². The lowest BCUT2D eigenvalue weighted by Crippen LogP contribution is -2.49. The lowest BCUT2D eigenvalue weighted by molar-refractivity contribution is -0.594. The minimum absolute atomic E-state index is 0.419. The van der Waals surface area contributed by atoms with Gasteiger partial charge in [-0.05, 0) is 100 Å². The third-order valence-corrected chi connectivity index (χ3v) is 8.05. The van der Waals surface area contributed by atoms with Gasteiger partial charge in [0.1, 0.15) is 17.6 Å². The highest BCUT2D eigenvalue weighted by Crippen LogP contribution is 2.60. The largest absolute Gasteiger partial charge is 0.254 e. The van der Waals surface area contributed by atoms with Crippen molar-refractivity contribution in [1.29, 1.82) is 0 Å². The Morgan fingerprint density at radius 1 is 0.893 bits per heavy atom. The maximum absolute atomic E-state index is 2.52. The van der Waals surface area contributed by atoms with Gasteiger partial charge in [-0.15, -0.1) is 0 Å². The molecule has 0 atom stereocenters. The molecule has 4 aliphatic rings. The van der Waals surface area contributed by atoms with Crippen molar-refractivity contribution in [2.24, 2.45) is 17.8 Å². The van der Waals surface area contributed by atoms with Crippen LogP contribution in [-0.4, -0.2) is 4.40 Å². The minimum atomic E-state index is 0.419. The summed E-state index contributed by atoms with van der Waals surface area (Å²) in [4.78, 5) is 0. The van der Waals surface area contributed by atoms with Gasteiger partial charge in [-0.1, -0.05) is 23.8 Å². The van der Waals surface area contributed by atoms with Crippen LogP contribution in [0, 0.1) is 38.5 Å². The van der Waals surface area contributed by atoms with E-state index in [1.165, 1.54) is 66.4 Å². The Labute approximate surface area is 168 Å². The van der Waals surface area contributed by atoms with Gasteiger partial charge in [-0.3, -0.25) is 0 Å². The first-order chi connectivity index (χ1) is 13.5. The standard InChI is InChI=1S/C26H31N2/c1-17-7-18(2)25(19(3)8-17)27-15-23-5-4-6-24(28(23)16-27)26-12-20-9-21(13-26)11-22(10-20)14-26/h4-8,15-16,20-22H,9-14H2,1-3H3/q+1. The molecule has 0 amide bonds. The Bertz CT molecular complexity index is 1030. The van der Waals surface area contributed by atoms with Gasteiger partial charge in [0.25, 0.3) is 6.33 Å². The number of benzene rings is 1. The van der Waals surface area contributed by atoms with Gasteiger partial charge in [0.2, 0.25) is 0 Å². The maximum atomic E-state index is 2.52. The summed E-state index contributed by atoms with van der Waals surface area (Å²) >= 11 is 0. The number of fused-ring (bicyclic) bond motifs is 1. The second-order valence-electron chi connectivity index (χ2n) is 10.3. The molecule has 3 aromatic rings. The first-order valence-electron chi connectivity index (χ1n) is 11.1. The summed E-state index contributed by atoms with van der Waals surface area (Å²) in [5.41, 5.74) is 8.72. The maximum Gasteiger partial charge on any atom is 0.254 e. The van der Waals surface area contributed by atoms with Crippen LogP contribution in [0.5, 0.6) is 0 Å². The van der Waals surface area contributed by atoms with Gasteiger partial charge in [-0.2, -0.15) is 4.40 Å². The molecule has 28 heavy (non-hydrogen) atoms. The molecule has 2 heteroatoms. The molecule has 0 N–H and O–H groups in total. The molecule has 2 heterocycles. The van der Waals surface area contributed by atoms with E-state index in [-0.39, 0.29) is 0 Å². The van der Waals surface area contributed by atoms with Crippen LogP contribution < -0.4 is 4.57 Å². The molecule has 0 aliphatic heterocycles. The van der Waals surface area contributed by atoms with Gasteiger partial charge in [0.15, 0.2) is 5.52 Å². The van der Waals surface area contributed by atoms with Crippen molar-refractivity contribution in [3.05, 3.63) is 65.2 Å². The van der Waals surface area contributed by atoms with Gasteiger partial charge in [-0.25, -0.2) is 4.57 Å². The number of hydrogen-bond acceptors (Lipinski definition) is 0. The Kier molecular flexibility index (Phi) is 3.44. The van der Waals surface area contributed by atoms with Crippen LogP contribution in [0.15, 0.2) is 42.9 Å². The van der Waals surface area contributed by atoms with Crippen LogP contribution >= 0.6 is 0 Å². The molecule has 144 valence electrons. The minimum Gasteiger partial charge on any atom is -0.201 e. The Hall–Kier alpha value is -2.09. The molecule has 0 spiro atoms. The molecule has 4 fully saturated rings. The van der Waals surface area contributed by atoms with Gasteiger partial charge >= 0.3 is 0 Å². The van der Waals surface area contributed by atoms with Crippen LogP contribution in [0.2, 0.25) is 0 Å². The van der Waals surface area contributed by atoms with E-state index in [9.17, 15) is 0 Å². The summed E-state index contributed by atoms with van der Waals surface area (Å²) in [5, 5.41) is 0. The Morgan fingerprint density at radius 2 is 1.50 bits per heavy atom. The molecule has 0 saturated heterocycles. The lowest BCUT2D eigenvalue weighted by atomic mass is 9.48. The van der Waals surface area contributed by atoms with Gasteiger partial charge in [0, 0.05) is 5.41 Å². The zero-order valence-corrected chi connectivity index (χ0v) is 17.4. The topological polar surface area (TPSA) is 8.29 Å². The SMILES string of the molecule is Cc1cc(C)c(-[n+]2cc3cccc(C45CC6CC(CC(C6)C4)C5)n3c2)c(C)c1. The number of imidazole rings is 1. The smallest absolute Gasteiger partial charge is 0.201 e. The van der Waals surface area contributed by atoms with E-state index in [1.54, 1.807) is 5.69 Å². The third kappa shape index (κ3) is 2.36. The van der Waals surface area contributed by atoms with Crippen molar-refractivity contribution >= 4 is 5.52 Å². The molecule has 0 radical (unpaired) electrons. The summed E-state index contributed by atoms with van der Waals surface area (Å²) < 4.78 is 4.88. The fourth-order valence-corrected chi connectivity index (χ4v) is 7.63. The number of pyridine rings is 1. The van der Waals surface area contributed by atoms with Crippen LogP contribution in [0.25, 0.3) is 11.2 Å². The Morgan fingerprint density at radius 3 is 2.11 bits per heavy atom. The summed E-state index contributed by atoms with van der Waals surface area (Å²) in [6.07, 6.45) is 13.4. The Balaban J connectivity index is 1.52. The van der Waals surface area contributed by atoms with Crippen molar-refractivity contribution in [2.75, 3.05) is 0 Å². The average molecular weight is 372 g/mol. The van der Waals surface area contributed by atoms with Crippen LogP contribution in [0.4, 0.5) is 0 Å². The highest BCUT2D eigenvalue weighted by Gasteiger charge is 2.53. The zero-order valence-electron chi connectivity index (χ0n) is 17.4. The number of rotatable bonds is 2. The van der Waals surface area contributed by atoms with E-state index in [4.69, 9.17) is 0 Å². The predicted molar refractivity (Wildman–Crippen MR) is 113 cm³/mol. The van der Waals surface area contributed by atoms with Crippen molar-refractivity contribution < 1.29 is 4.57 Å².